The average Bonchev–Trinajstić information content (AvgIpc) is 3.04. The Morgan fingerprint density at radius 2 is 1.77 bits per heavy atom. The summed E-state index contributed by atoms with van der Waals surface area (Å²) in [5.74, 6) is -4.30. The number of carbonyl (C=O) groups excluding carboxylic acids is 3. The van der Waals surface area contributed by atoms with Crippen LogP contribution < -0.4 is 0 Å². The van der Waals surface area contributed by atoms with E-state index >= 15 is 0 Å². The number of aromatic nitrogens is 1. The summed E-state index contributed by atoms with van der Waals surface area (Å²) in [6, 6.07) is 7.13. The van der Waals surface area contributed by atoms with Crippen LogP contribution in [-0.2, 0) is 14.3 Å². The molecule has 1 aromatic carbocycles. The number of para-hydroxylation sites is 1. The summed E-state index contributed by atoms with van der Waals surface area (Å²) in [6.45, 7) is 6.71. The molecule has 1 saturated carbocycles. The van der Waals surface area contributed by atoms with Gasteiger partial charge in [-0.05, 0) is 52.2 Å². The Bertz CT molecular complexity index is 993. The zero-order valence-corrected chi connectivity index (χ0v) is 18.4. The van der Waals surface area contributed by atoms with E-state index in [4.69, 9.17) is 4.74 Å². The highest BCUT2D eigenvalue weighted by atomic mass is 19.3. The molecular formula is C24H29F2NO4. The number of halogens is 2. The molecule has 3 rings (SSSR count). The molecule has 1 fully saturated rings. The van der Waals surface area contributed by atoms with Crippen molar-refractivity contribution >= 4 is 28.6 Å². The Labute approximate surface area is 180 Å². The third-order valence-electron chi connectivity index (χ3n) is 5.78. The van der Waals surface area contributed by atoms with Gasteiger partial charge in [-0.3, -0.25) is 14.2 Å². The number of ketones is 2. The average molecular weight is 433 g/mol. The molecule has 1 heterocycles. The summed E-state index contributed by atoms with van der Waals surface area (Å²) in [6.07, 6.45) is 0.601. The molecule has 1 aliphatic carbocycles. The van der Waals surface area contributed by atoms with Gasteiger partial charge in [0, 0.05) is 36.8 Å². The number of alkyl halides is 2. The molecule has 5 nitrogen and oxygen atoms in total. The van der Waals surface area contributed by atoms with Crippen molar-refractivity contribution in [1.29, 1.82) is 0 Å². The maximum atomic E-state index is 13.5. The Hall–Kier alpha value is -2.57. The number of hydrogen-bond donors (Lipinski definition) is 0. The van der Waals surface area contributed by atoms with Crippen LogP contribution in [0.25, 0.3) is 10.9 Å². The number of hydrogen-bond acceptors (Lipinski definition) is 4. The molecule has 1 unspecified atom stereocenters. The van der Waals surface area contributed by atoms with Gasteiger partial charge in [0.1, 0.15) is 17.2 Å². The second kappa shape index (κ2) is 8.52. The third kappa shape index (κ3) is 5.38. The number of carbonyl (C=O) groups is 3. The van der Waals surface area contributed by atoms with E-state index in [0.717, 1.165) is 0 Å². The van der Waals surface area contributed by atoms with Crippen LogP contribution in [0.4, 0.5) is 13.6 Å². The zero-order chi connectivity index (χ0) is 23.0. The SMILES string of the molecule is CC(=O)C(CC(=O)C1CCC(F)(F)CC1)c1cn(C(=O)OC(C)(C)C)c2ccccc12. The van der Waals surface area contributed by atoms with Crippen LogP contribution in [0, 0.1) is 5.92 Å². The third-order valence-corrected chi connectivity index (χ3v) is 5.78. The van der Waals surface area contributed by atoms with Gasteiger partial charge in [0.2, 0.25) is 5.92 Å². The summed E-state index contributed by atoms with van der Waals surface area (Å²) in [5.41, 5.74) is 0.466. The van der Waals surface area contributed by atoms with E-state index in [1.807, 2.05) is 0 Å². The molecule has 0 spiro atoms. The molecule has 1 atom stereocenters. The van der Waals surface area contributed by atoms with E-state index in [2.05, 4.69) is 0 Å². The van der Waals surface area contributed by atoms with E-state index in [1.165, 1.54) is 11.5 Å². The molecule has 0 saturated heterocycles. The van der Waals surface area contributed by atoms with Crippen LogP contribution in [0.1, 0.15) is 71.3 Å². The lowest BCUT2D eigenvalue weighted by Gasteiger charge is -2.28. The van der Waals surface area contributed by atoms with Gasteiger partial charge >= 0.3 is 6.09 Å². The minimum Gasteiger partial charge on any atom is -0.443 e. The number of ether oxygens (including phenoxy) is 1. The van der Waals surface area contributed by atoms with E-state index in [0.29, 0.717) is 16.5 Å². The molecule has 0 amide bonds. The lowest BCUT2D eigenvalue weighted by Crippen LogP contribution is -2.30. The smallest absolute Gasteiger partial charge is 0.419 e. The lowest BCUT2D eigenvalue weighted by molar-refractivity contribution is -0.130. The number of fused-ring (bicyclic) bond motifs is 1. The van der Waals surface area contributed by atoms with Gasteiger partial charge in [-0.1, -0.05) is 18.2 Å². The van der Waals surface area contributed by atoms with E-state index < -0.39 is 29.5 Å². The second-order valence-electron chi connectivity index (χ2n) is 9.42. The van der Waals surface area contributed by atoms with Crippen LogP contribution >= 0.6 is 0 Å². The number of nitrogens with zero attached hydrogens (tertiary/aromatic N) is 1. The zero-order valence-electron chi connectivity index (χ0n) is 18.4. The normalized spacial score (nSPS) is 18.0. The highest BCUT2D eigenvalue weighted by Gasteiger charge is 2.38. The van der Waals surface area contributed by atoms with Gasteiger partial charge in [-0.2, -0.15) is 0 Å². The first-order valence-electron chi connectivity index (χ1n) is 10.6. The first-order valence-corrected chi connectivity index (χ1v) is 10.6. The second-order valence-corrected chi connectivity index (χ2v) is 9.42. The minimum atomic E-state index is -2.71. The highest BCUT2D eigenvalue weighted by molar-refractivity contribution is 5.98. The number of benzene rings is 1. The van der Waals surface area contributed by atoms with Gasteiger partial charge in [0.15, 0.2) is 0 Å². The first kappa shape index (κ1) is 23.1. The van der Waals surface area contributed by atoms with Crippen molar-refractivity contribution in [2.45, 2.75) is 77.2 Å². The largest absolute Gasteiger partial charge is 0.443 e. The Morgan fingerprint density at radius 1 is 1.16 bits per heavy atom. The predicted molar refractivity (Wildman–Crippen MR) is 114 cm³/mol. The van der Waals surface area contributed by atoms with Crippen LogP contribution in [0.5, 0.6) is 0 Å². The molecule has 1 aromatic heterocycles. The summed E-state index contributed by atoms with van der Waals surface area (Å²) < 4.78 is 33.8. The standard InChI is InChI=1S/C24H29F2NO4/c1-15(28)18(13-21(29)16-9-11-24(25,26)12-10-16)19-14-27(22(30)31-23(2,3)4)20-8-6-5-7-17(19)20/h5-8,14,16,18H,9-13H2,1-4H3. The summed E-state index contributed by atoms with van der Waals surface area (Å²) in [5, 5.41) is 0.691. The predicted octanol–water partition coefficient (Wildman–Crippen LogP) is 5.88. The van der Waals surface area contributed by atoms with Crippen molar-refractivity contribution in [2.75, 3.05) is 0 Å². The maximum Gasteiger partial charge on any atom is 0.419 e. The van der Waals surface area contributed by atoms with E-state index in [-0.39, 0.29) is 43.7 Å². The Morgan fingerprint density at radius 3 is 2.35 bits per heavy atom. The molecular weight excluding hydrogens is 404 g/mol. The maximum absolute atomic E-state index is 13.5. The molecule has 168 valence electrons. The van der Waals surface area contributed by atoms with E-state index in [1.54, 1.807) is 51.2 Å². The van der Waals surface area contributed by atoms with Gasteiger partial charge < -0.3 is 4.74 Å². The van der Waals surface area contributed by atoms with Crippen molar-refractivity contribution in [2.24, 2.45) is 5.92 Å². The molecule has 0 bridgehead atoms. The van der Waals surface area contributed by atoms with Gasteiger partial charge in [0.05, 0.1) is 11.4 Å². The molecule has 7 heteroatoms. The fourth-order valence-corrected chi connectivity index (χ4v) is 4.15. The summed E-state index contributed by atoms with van der Waals surface area (Å²) >= 11 is 0. The number of Topliss-reactive ketones (excluding diaryl/α,β-unsaturated/α-hetero) is 2. The first-order chi connectivity index (χ1) is 14.4. The van der Waals surface area contributed by atoms with Crippen molar-refractivity contribution < 1.29 is 27.9 Å². The quantitative estimate of drug-likeness (QED) is 0.590. The Balaban J connectivity index is 1.91. The summed E-state index contributed by atoms with van der Waals surface area (Å²) in [7, 11) is 0. The van der Waals surface area contributed by atoms with Crippen molar-refractivity contribution in [3.8, 4) is 0 Å². The Kier molecular flexibility index (Phi) is 6.35. The van der Waals surface area contributed by atoms with Crippen LogP contribution in [0.15, 0.2) is 30.5 Å². The van der Waals surface area contributed by atoms with Gasteiger partial charge in [0.25, 0.3) is 0 Å². The summed E-state index contributed by atoms with van der Waals surface area (Å²) in [4.78, 5) is 38.1. The number of rotatable bonds is 5. The van der Waals surface area contributed by atoms with Gasteiger partial charge in [-0.15, -0.1) is 0 Å². The fourth-order valence-electron chi connectivity index (χ4n) is 4.15. The van der Waals surface area contributed by atoms with Gasteiger partial charge in [-0.25, -0.2) is 13.6 Å². The highest BCUT2D eigenvalue weighted by Crippen LogP contribution is 2.39. The van der Waals surface area contributed by atoms with Crippen LogP contribution in [0.2, 0.25) is 0 Å². The monoisotopic (exact) mass is 433 g/mol. The molecule has 0 N–H and O–H groups in total. The molecule has 31 heavy (non-hydrogen) atoms. The van der Waals surface area contributed by atoms with E-state index in [9.17, 15) is 23.2 Å². The van der Waals surface area contributed by atoms with Crippen LogP contribution in [-0.4, -0.2) is 33.8 Å². The molecule has 2 aromatic rings. The fraction of sp³-hybridized carbons (Fsp3) is 0.542. The van der Waals surface area contributed by atoms with Crippen molar-refractivity contribution in [3.05, 3.63) is 36.0 Å². The van der Waals surface area contributed by atoms with Crippen LogP contribution in [0.3, 0.4) is 0 Å². The lowest BCUT2D eigenvalue weighted by atomic mass is 9.79. The molecule has 0 aliphatic heterocycles. The molecule has 1 aliphatic rings. The minimum absolute atomic E-state index is 0.0616. The topological polar surface area (TPSA) is 65.4 Å². The molecule has 0 radical (unpaired) electrons. The van der Waals surface area contributed by atoms with Crippen molar-refractivity contribution in [3.63, 3.8) is 0 Å². The van der Waals surface area contributed by atoms with Crippen molar-refractivity contribution in [1.82, 2.24) is 4.57 Å².